The molecule has 2 aromatic carbocycles. The summed E-state index contributed by atoms with van der Waals surface area (Å²) in [5.74, 6) is -0.897. The van der Waals surface area contributed by atoms with Gasteiger partial charge in [-0.1, -0.05) is 75.4 Å². The van der Waals surface area contributed by atoms with Crippen LogP contribution in [0, 0.1) is 0 Å². The molecule has 1 heterocycles. The molecule has 1 fully saturated rings. The fourth-order valence-corrected chi connectivity index (χ4v) is 3.51. The van der Waals surface area contributed by atoms with Gasteiger partial charge in [0.05, 0.1) is 11.6 Å². The van der Waals surface area contributed by atoms with Crippen molar-refractivity contribution in [1.29, 1.82) is 0 Å². The lowest BCUT2D eigenvalue weighted by Crippen LogP contribution is -2.30. The summed E-state index contributed by atoms with van der Waals surface area (Å²) in [7, 11) is 0. The normalized spacial score (nSPS) is 19.1. The number of likely N-dealkylation sites (tertiary alicyclic amines) is 1. The van der Waals surface area contributed by atoms with Crippen molar-refractivity contribution < 1.29 is 14.7 Å². The molecule has 140 valence electrons. The molecule has 1 aliphatic heterocycles. The van der Waals surface area contributed by atoms with E-state index in [-0.39, 0.29) is 11.3 Å². The van der Waals surface area contributed by atoms with Gasteiger partial charge in [0, 0.05) is 12.1 Å². The number of ketones is 1. The minimum Gasteiger partial charge on any atom is -0.507 e. The van der Waals surface area contributed by atoms with Crippen molar-refractivity contribution in [1.82, 2.24) is 4.90 Å². The van der Waals surface area contributed by atoms with E-state index in [1.165, 1.54) is 5.56 Å². The van der Waals surface area contributed by atoms with E-state index in [1.54, 1.807) is 29.2 Å². The molecule has 1 amide bonds. The van der Waals surface area contributed by atoms with Gasteiger partial charge in [0.25, 0.3) is 11.7 Å². The van der Waals surface area contributed by atoms with Crippen LogP contribution in [0.15, 0.2) is 60.2 Å². The van der Waals surface area contributed by atoms with Gasteiger partial charge in [0.1, 0.15) is 5.76 Å². The number of hydrogen-bond donors (Lipinski definition) is 1. The third-order valence-corrected chi connectivity index (χ3v) is 4.97. The molecular weight excluding hydrogens is 338 g/mol. The lowest BCUT2D eigenvalue weighted by atomic mass is 9.93. The van der Waals surface area contributed by atoms with E-state index in [1.807, 2.05) is 37.3 Å². The minimum absolute atomic E-state index is 0.120. The van der Waals surface area contributed by atoms with Crippen LogP contribution in [-0.2, 0) is 9.59 Å². The van der Waals surface area contributed by atoms with Crippen LogP contribution in [0.1, 0.15) is 55.8 Å². The Kier molecular flexibility index (Phi) is 5.45. The van der Waals surface area contributed by atoms with Crippen molar-refractivity contribution in [3.05, 3.63) is 76.9 Å². The maximum atomic E-state index is 12.8. The van der Waals surface area contributed by atoms with E-state index >= 15 is 0 Å². The highest BCUT2D eigenvalue weighted by atomic mass is 16.3. The largest absolute Gasteiger partial charge is 0.507 e. The molecular formula is C23H25NO3. The Morgan fingerprint density at radius 2 is 1.67 bits per heavy atom. The molecule has 2 aromatic rings. The Hall–Kier alpha value is -2.88. The molecule has 1 unspecified atom stereocenters. The molecule has 27 heavy (non-hydrogen) atoms. The standard InChI is InChI=1S/C23H25NO3/c1-4-14-24-20(17-12-10-16(11-13-17)15(2)3)19(22(26)23(24)27)21(25)18-8-6-5-7-9-18/h5-13,15,20,25H,4,14H2,1-3H3/b21-19-. The fourth-order valence-electron chi connectivity index (χ4n) is 3.51. The van der Waals surface area contributed by atoms with Crippen molar-refractivity contribution in [2.24, 2.45) is 0 Å². The third kappa shape index (κ3) is 3.52. The van der Waals surface area contributed by atoms with Gasteiger partial charge in [0.15, 0.2) is 0 Å². The molecule has 4 heteroatoms. The van der Waals surface area contributed by atoms with E-state index in [2.05, 4.69) is 13.8 Å². The number of carbonyl (C=O) groups is 2. The van der Waals surface area contributed by atoms with E-state index in [0.717, 1.165) is 12.0 Å². The summed E-state index contributed by atoms with van der Waals surface area (Å²) >= 11 is 0. The van der Waals surface area contributed by atoms with Crippen molar-refractivity contribution in [3.8, 4) is 0 Å². The number of nitrogens with zero attached hydrogens (tertiary/aromatic N) is 1. The minimum atomic E-state index is -0.622. The molecule has 3 rings (SSSR count). The van der Waals surface area contributed by atoms with Gasteiger partial charge in [-0.2, -0.15) is 0 Å². The molecule has 0 bridgehead atoms. The number of amides is 1. The van der Waals surface area contributed by atoms with Gasteiger partial charge in [-0.3, -0.25) is 9.59 Å². The molecule has 0 aromatic heterocycles. The summed E-state index contributed by atoms with van der Waals surface area (Å²) in [4.78, 5) is 27.0. The zero-order valence-electron chi connectivity index (χ0n) is 16.0. The second-order valence-electron chi connectivity index (χ2n) is 7.18. The van der Waals surface area contributed by atoms with Gasteiger partial charge in [-0.15, -0.1) is 0 Å². The molecule has 4 nitrogen and oxygen atoms in total. The van der Waals surface area contributed by atoms with Crippen LogP contribution in [0.5, 0.6) is 0 Å². The molecule has 0 radical (unpaired) electrons. The number of aliphatic hydroxyl groups excluding tert-OH is 1. The maximum absolute atomic E-state index is 12.8. The predicted molar refractivity (Wildman–Crippen MR) is 106 cm³/mol. The fraction of sp³-hybridized carbons (Fsp3) is 0.304. The second-order valence-corrected chi connectivity index (χ2v) is 7.18. The average molecular weight is 363 g/mol. The molecule has 1 aliphatic rings. The summed E-state index contributed by atoms with van der Waals surface area (Å²) in [6, 6.07) is 16.3. The highest BCUT2D eigenvalue weighted by Crippen LogP contribution is 2.39. The van der Waals surface area contributed by atoms with Crippen LogP contribution in [0.2, 0.25) is 0 Å². The van der Waals surface area contributed by atoms with Gasteiger partial charge in [-0.25, -0.2) is 0 Å². The Morgan fingerprint density at radius 1 is 1.04 bits per heavy atom. The molecule has 1 N–H and O–H groups in total. The Bertz CT molecular complexity index is 866. The number of benzene rings is 2. The van der Waals surface area contributed by atoms with Crippen molar-refractivity contribution in [3.63, 3.8) is 0 Å². The highest BCUT2D eigenvalue weighted by molar-refractivity contribution is 6.46. The first-order valence-electron chi connectivity index (χ1n) is 9.39. The maximum Gasteiger partial charge on any atom is 0.295 e. The van der Waals surface area contributed by atoms with Crippen molar-refractivity contribution >= 4 is 17.4 Å². The first-order valence-corrected chi connectivity index (χ1v) is 9.39. The number of Topliss-reactive ketones (excluding diaryl/α,β-unsaturated/α-hetero) is 1. The number of carbonyl (C=O) groups excluding carboxylic acids is 2. The Balaban J connectivity index is 2.14. The van der Waals surface area contributed by atoms with Crippen LogP contribution in [0.4, 0.5) is 0 Å². The number of hydrogen-bond acceptors (Lipinski definition) is 3. The first-order chi connectivity index (χ1) is 13.0. The third-order valence-electron chi connectivity index (χ3n) is 4.97. The second kappa shape index (κ2) is 7.78. The van der Waals surface area contributed by atoms with Crippen LogP contribution in [-0.4, -0.2) is 28.2 Å². The van der Waals surface area contributed by atoms with Crippen LogP contribution in [0.3, 0.4) is 0 Å². The SMILES string of the molecule is CCCN1C(=O)C(=O)/C(=C(\O)c2ccccc2)C1c1ccc(C(C)C)cc1. The summed E-state index contributed by atoms with van der Waals surface area (Å²) in [5, 5.41) is 10.8. The lowest BCUT2D eigenvalue weighted by molar-refractivity contribution is -0.139. The summed E-state index contributed by atoms with van der Waals surface area (Å²) in [6.45, 7) is 6.67. The predicted octanol–water partition coefficient (Wildman–Crippen LogP) is 4.64. The van der Waals surface area contributed by atoms with Crippen LogP contribution >= 0.6 is 0 Å². The van der Waals surface area contributed by atoms with Gasteiger partial charge in [-0.05, 0) is 23.5 Å². The summed E-state index contributed by atoms with van der Waals surface area (Å²) in [5.41, 5.74) is 2.73. The Labute approximate surface area is 160 Å². The molecule has 0 saturated carbocycles. The van der Waals surface area contributed by atoms with Gasteiger partial charge in [0.2, 0.25) is 0 Å². The molecule has 1 saturated heterocycles. The van der Waals surface area contributed by atoms with Gasteiger partial charge < -0.3 is 10.0 Å². The van der Waals surface area contributed by atoms with Crippen molar-refractivity contribution in [2.75, 3.05) is 6.54 Å². The molecule has 0 aliphatic carbocycles. The molecule has 1 atom stereocenters. The molecule has 0 spiro atoms. The van der Waals surface area contributed by atoms with Crippen molar-refractivity contribution in [2.45, 2.75) is 39.2 Å². The van der Waals surface area contributed by atoms with E-state index in [9.17, 15) is 14.7 Å². The zero-order valence-corrected chi connectivity index (χ0v) is 16.0. The monoisotopic (exact) mass is 363 g/mol. The van der Waals surface area contributed by atoms with E-state index in [0.29, 0.717) is 18.0 Å². The average Bonchev–Trinajstić information content (AvgIpc) is 2.93. The summed E-state index contributed by atoms with van der Waals surface area (Å²) < 4.78 is 0. The number of aliphatic hydroxyl groups is 1. The van der Waals surface area contributed by atoms with Crippen LogP contribution < -0.4 is 0 Å². The Morgan fingerprint density at radius 3 is 2.22 bits per heavy atom. The highest BCUT2D eigenvalue weighted by Gasteiger charge is 2.45. The van der Waals surface area contributed by atoms with Gasteiger partial charge >= 0.3 is 0 Å². The zero-order chi connectivity index (χ0) is 19.6. The van der Waals surface area contributed by atoms with Crippen LogP contribution in [0.25, 0.3) is 5.76 Å². The lowest BCUT2D eigenvalue weighted by Gasteiger charge is -2.25. The summed E-state index contributed by atoms with van der Waals surface area (Å²) in [6.07, 6.45) is 0.735. The van der Waals surface area contributed by atoms with E-state index in [4.69, 9.17) is 0 Å². The smallest absolute Gasteiger partial charge is 0.295 e. The van der Waals surface area contributed by atoms with E-state index < -0.39 is 17.7 Å². The first kappa shape index (κ1) is 18.9. The topological polar surface area (TPSA) is 57.6 Å². The number of rotatable bonds is 5. The quantitative estimate of drug-likeness (QED) is 0.478.